The summed E-state index contributed by atoms with van der Waals surface area (Å²) in [6.07, 6.45) is 5.78. The third-order valence-electron chi connectivity index (χ3n) is 9.51. The van der Waals surface area contributed by atoms with E-state index in [0.29, 0.717) is 11.8 Å². The van der Waals surface area contributed by atoms with E-state index in [0.717, 1.165) is 41.3 Å². The van der Waals surface area contributed by atoms with Crippen LogP contribution in [0.3, 0.4) is 0 Å². The standard InChI is InChI=1S/C46H42N4/c1-31(2)26-36-28-35(33-14-6-5-7-15-33)29-37(27-32(3)4)45(36)50-44(41-18-12-13-25-47-41)30-48-46(50)34-21-23-38(24-22-34)49-42-19-10-8-16-39(42)40-17-9-11-20-43(40)49/h5-25,28-32H,26-27H2,1-4H3. The zero-order valence-corrected chi connectivity index (χ0v) is 29.2. The van der Waals surface area contributed by atoms with Crippen LogP contribution in [-0.4, -0.2) is 19.1 Å². The summed E-state index contributed by atoms with van der Waals surface area (Å²) in [6, 6.07) is 48.0. The first-order valence-electron chi connectivity index (χ1n) is 17.8. The lowest BCUT2D eigenvalue weighted by molar-refractivity contribution is 0.632. The Kier molecular flexibility index (Phi) is 8.38. The largest absolute Gasteiger partial charge is 0.309 e. The number of hydrogen-bond acceptors (Lipinski definition) is 2. The molecular weight excluding hydrogens is 609 g/mol. The van der Waals surface area contributed by atoms with Crippen molar-refractivity contribution in [1.29, 1.82) is 0 Å². The summed E-state index contributed by atoms with van der Waals surface area (Å²) in [5.41, 5.74) is 12.9. The van der Waals surface area contributed by atoms with Gasteiger partial charge in [0.2, 0.25) is 0 Å². The third kappa shape index (κ3) is 5.81. The molecule has 0 saturated heterocycles. The molecule has 0 radical (unpaired) electrons. The van der Waals surface area contributed by atoms with Crippen LogP contribution in [0.5, 0.6) is 0 Å². The van der Waals surface area contributed by atoms with Crippen molar-refractivity contribution in [3.05, 3.63) is 157 Å². The fourth-order valence-corrected chi connectivity index (χ4v) is 7.47. The average Bonchev–Trinajstić information content (AvgIpc) is 3.72. The van der Waals surface area contributed by atoms with E-state index in [-0.39, 0.29) is 0 Å². The molecule has 246 valence electrons. The predicted molar refractivity (Wildman–Crippen MR) is 209 cm³/mol. The Morgan fingerprint density at radius 2 is 1.10 bits per heavy atom. The van der Waals surface area contributed by atoms with Gasteiger partial charge in [-0.3, -0.25) is 9.55 Å². The van der Waals surface area contributed by atoms with Crippen molar-refractivity contribution in [3.8, 4) is 45.3 Å². The Morgan fingerprint density at radius 3 is 1.68 bits per heavy atom. The molecular formula is C46H42N4. The Bertz CT molecular complexity index is 2330. The highest BCUT2D eigenvalue weighted by molar-refractivity contribution is 6.09. The van der Waals surface area contributed by atoms with Crippen molar-refractivity contribution in [2.24, 2.45) is 11.8 Å². The number of imidazole rings is 1. The zero-order valence-electron chi connectivity index (χ0n) is 29.2. The molecule has 0 atom stereocenters. The van der Waals surface area contributed by atoms with Gasteiger partial charge in [-0.05, 0) is 108 Å². The summed E-state index contributed by atoms with van der Waals surface area (Å²) in [5, 5.41) is 2.52. The SMILES string of the molecule is CC(C)Cc1cc(-c2ccccc2)cc(CC(C)C)c1-n1c(-c2ccccn2)cnc1-c1ccc(-n2c3ccccc3c3ccccc32)cc1. The fourth-order valence-electron chi connectivity index (χ4n) is 7.47. The number of benzene rings is 5. The van der Waals surface area contributed by atoms with Crippen LogP contribution in [0.1, 0.15) is 38.8 Å². The minimum Gasteiger partial charge on any atom is -0.309 e. The Hall–Kier alpha value is -5.74. The molecule has 5 aromatic carbocycles. The fraction of sp³-hybridized carbons (Fsp3) is 0.174. The van der Waals surface area contributed by atoms with Crippen LogP contribution in [0.4, 0.5) is 0 Å². The molecule has 0 aliphatic rings. The van der Waals surface area contributed by atoms with Gasteiger partial charge in [-0.25, -0.2) is 4.98 Å². The van der Waals surface area contributed by atoms with Crippen LogP contribution in [0.15, 0.2) is 146 Å². The molecule has 0 aliphatic carbocycles. The van der Waals surface area contributed by atoms with E-state index in [1.807, 2.05) is 18.5 Å². The first-order valence-corrected chi connectivity index (χ1v) is 17.8. The van der Waals surface area contributed by atoms with Crippen molar-refractivity contribution < 1.29 is 0 Å². The minimum absolute atomic E-state index is 0.474. The van der Waals surface area contributed by atoms with Crippen LogP contribution < -0.4 is 0 Å². The molecule has 4 heteroatoms. The summed E-state index contributed by atoms with van der Waals surface area (Å²) < 4.78 is 4.76. The first-order chi connectivity index (χ1) is 24.5. The lowest BCUT2D eigenvalue weighted by atomic mass is 9.89. The lowest BCUT2D eigenvalue weighted by Crippen LogP contribution is -2.12. The van der Waals surface area contributed by atoms with E-state index in [1.54, 1.807) is 0 Å². The second-order valence-corrected chi connectivity index (χ2v) is 14.1. The number of para-hydroxylation sites is 2. The minimum atomic E-state index is 0.474. The maximum absolute atomic E-state index is 5.17. The molecule has 0 bridgehead atoms. The van der Waals surface area contributed by atoms with E-state index < -0.39 is 0 Å². The normalized spacial score (nSPS) is 11.7. The number of aromatic nitrogens is 4. The number of hydrogen-bond donors (Lipinski definition) is 0. The molecule has 0 amide bonds. The molecule has 3 aromatic heterocycles. The van der Waals surface area contributed by atoms with Crippen molar-refractivity contribution in [3.63, 3.8) is 0 Å². The molecule has 0 unspecified atom stereocenters. The molecule has 8 rings (SSSR count). The number of rotatable bonds is 9. The second kappa shape index (κ2) is 13.3. The van der Waals surface area contributed by atoms with Crippen LogP contribution >= 0.6 is 0 Å². The van der Waals surface area contributed by atoms with Gasteiger partial charge in [0, 0.05) is 28.2 Å². The van der Waals surface area contributed by atoms with E-state index in [9.17, 15) is 0 Å². The molecule has 0 spiro atoms. The topological polar surface area (TPSA) is 35.6 Å². The van der Waals surface area contributed by atoms with E-state index in [4.69, 9.17) is 9.97 Å². The molecule has 0 N–H and O–H groups in total. The first kappa shape index (κ1) is 31.5. The summed E-state index contributed by atoms with van der Waals surface area (Å²) >= 11 is 0. The lowest BCUT2D eigenvalue weighted by Gasteiger charge is -2.24. The molecule has 0 saturated carbocycles. The third-order valence-corrected chi connectivity index (χ3v) is 9.51. The van der Waals surface area contributed by atoms with Gasteiger partial charge in [0.25, 0.3) is 0 Å². The zero-order chi connectivity index (χ0) is 34.2. The second-order valence-electron chi connectivity index (χ2n) is 14.1. The molecule has 0 aliphatic heterocycles. The van der Waals surface area contributed by atoms with Crippen molar-refractivity contribution in [1.82, 2.24) is 19.1 Å². The van der Waals surface area contributed by atoms with E-state index in [1.165, 1.54) is 49.7 Å². The highest BCUT2D eigenvalue weighted by atomic mass is 15.1. The summed E-state index contributed by atoms with van der Waals surface area (Å²) in [4.78, 5) is 10.00. The van der Waals surface area contributed by atoms with E-state index >= 15 is 0 Å². The number of pyridine rings is 1. The summed E-state index contributed by atoms with van der Waals surface area (Å²) in [7, 11) is 0. The van der Waals surface area contributed by atoms with Gasteiger partial charge in [0.05, 0.1) is 34.3 Å². The average molecular weight is 651 g/mol. The molecule has 8 aromatic rings. The predicted octanol–water partition coefficient (Wildman–Crippen LogP) is 11.8. The molecule has 3 heterocycles. The molecule has 0 fully saturated rings. The van der Waals surface area contributed by atoms with Crippen molar-refractivity contribution in [2.45, 2.75) is 40.5 Å². The van der Waals surface area contributed by atoms with Crippen LogP contribution in [0, 0.1) is 11.8 Å². The van der Waals surface area contributed by atoms with Gasteiger partial charge in [-0.15, -0.1) is 0 Å². The Labute approximate surface area is 294 Å². The Morgan fingerprint density at radius 1 is 0.520 bits per heavy atom. The van der Waals surface area contributed by atoms with E-state index in [2.05, 4.69) is 164 Å². The quantitative estimate of drug-likeness (QED) is 0.156. The molecule has 4 nitrogen and oxygen atoms in total. The smallest absolute Gasteiger partial charge is 0.145 e. The highest BCUT2D eigenvalue weighted by Crippen LogP contribution is 2.38. The number of nitrogens with zero attached hydrogens (tertiary/aromatic N) is 4. The number of fused-ring (bicyclic) bond motifs is 3. The van der Waals surface area contributed by atoms with Gasteiger partial charge in [-0.2, -0.15) is 0 Å². The van der Waals surface area contributed by atoms with Crippen LogP contribution in [-0.2, 0) is 12.8 Å². The van der Waals surface area contributed by atoms with Gasteiger partial charge in [0.1, 0.15) is 5.82 Å². The van der Waals surface area contributed by atoms with Gasteiger partial charge >= 0.3 is 0 Å². The molecule has 50 heavy (non-hydrogen) atoms. The van der Waals surface area contributed by atoms with Crippen LogP contribution in [0.25, 0.3) is 67.1 Å². The summed E-state index contributed by atoms with van der Waals surface area (Å²) in [6.45, 7) is 9.23. The van der Waals surface area contributed by atoms with Gasteiger partial charge < -0.3 is 4.57 Å². The summed E-state index contributed by atoms with van der Waals surface area (Å²) in [5.74, 6) is 1.87. The maximum Gasteiger partial charge on any atom is 0.145 e. The Balaban J connectivity index is 1.35. The van der Waals surface area contributed by atoms with Crippen molar-refractivity contribution in [2.75, 3.05) is 0 Å². The monoisotopic (exact) mass is 650 g/mol. The van der Waals surface area contributed by atoms with Gasteiger partial charge in [0.15, 0.2) is 0 Å². The highest BCUT2D eigenvalue weighted by Gasteiger charge is 2.23. The van der Waals surface area contributed by atoms with Crippen molar-refractivity contribution >= 4 is 21.8 Å². The van der Waals surface area contributed by atoms with Gasteiger partial charge in [-0.1, -0.05) is 100 Å². The maximum atomic E-state index is 5.17. The van der Waals surface area contributed by atoms with Crippen LogP contribution in [0.2, 0.25) is 0 Å².